The van der Waals surface area contributed by atoms with Crippen molar-refractivity contribution in [3.8, 4) is 0 Å². The highest BCUT2D eigenvalue weighted by atomic mass is 32.1. The molecule has 1 unspecified atom stereocenters. The number of hydrogen-bond donors (Lipinski definition) is 2. The molecule has 0 aliphatic carbocycles. The Bertz CT molecular complexity index is 211. The van der Waals surface area contributed by atoms with Crippen molar-refractivity contribution in [2.24, 2.45) is 5.73 Å². The number of nitrogens with one attached hydrogen (secondary N) is 1. The van der Waals surface area contributed by atoms with Gasteiger partial charge >= 0.3 is 0 Å². The molecule has 0 bridgehead atoms. The molecule has 5 heteroatoms. The molecule has 0 aliphatic heterocycles. The molecule has 1 rings (SSSR count). The molecule has 0 radical (unpaired) electrons. The molecule has 0 saturated carbocycles. The summed E-state index contributed by atoms with van der Waals surface area (Å²) in [7, 11) is 1.67. The molecule has 0 saturated heterocycles. The van der Waals surface area contributed by atoms with Crippen molar-refractivity contribution in [2.45, 2.75) is 12.6 Å². The third-order valence-electron chi connectivity index (χ3n) is 1.76. The number of nitrogens with two attached hydrogens (primary N) is 1. The smallest absolute Gasteiger partial charge is 0.0817 e. The van der Waals surface area contributed by atoms with Crippen LogP contribution in [-0.2, 0) is 11.3 Å². The number of ether oxygens (including phenoxy) is 1. The first kappa shape index (κ1) is 10.6. The molecule has 0 fully saturated rings. The Kier molecular flexibility index (Phi) is 4.92. The van der Waals surface area contributed by atoms with Crippen molar-refractivity contribution in [3.05, 3.63) is 16.6 Å². The van der Waals surface area contributed by atoms with E-state index in [1.165, 1.54) is 0 Å². The van der Waals surface area contributed by atoms with Crippen LogP contribution in [0, 0.1) is 0 Å². The van der Waals surface area contributed by atoms with Gasteiger partial charge in [0.1, 0.15) is 0 Å². The number of thiazole rings is 1. The lowest BCUT2D eigenvalue weighted by Gasteiger charge is -2.12. The van der Waals surface area contributed by atoms with Crippen LogP contribution in [0.1, 0.15) is 5.69 Å². The Morgan fingerprint density at radius 2 is 2.62 bits per heavy atom. The summed E-state index contributed by atoms with van der Waals surface area (Å²) in [6.45, 7) is 2.09. The Labute approximate surface area is 82.1 Å². The minimum atomic E-state index is 0.0960. The van der Waals surface area contributed by atoms with Gasteiger partial charge in [0.2, 0.25) is 0 Å². The number of hydrogen-bond acceptors (Lipinski definition) is 5. The zero-order valence-electron chi connectivity index (χ0n) is 7.69. The van der Waals surface area contributed by atoms with Crippen LogP contribution in [0.25, 0.3) is 0 Å². The molecule has 3 N–H and O–H groups in total. The quantitative estimate of drug-likeness (QED) is 0.690. The van der Waals surface area contributed by atoms with Gasteiger partial charge in [-0.25, -0.2) is 4.98 Å². The molecular formula is C8H15N3OS. The average molecular weight is 201 g/mol. The van der Waals surface area contributed by atoms with Crippen molar-refractivity contribution in [2.75, 3.05) is 20.2 Å². The van der Waals surface area contributed by atoms with Gasteiger partial charge in [-0.05, 0) is 0 Å². The van der Waals surface area contributed by atoms with E-state index < -0.39 is 0 Å². The lowest BCUT2D eigenvalue weighted by Crippen LogP contribution is -2.34. The number of aromatic nitrogens is 1. The third-order valence-corrected chi connectivity index (χ3v) is 2.39. The maximum absolute atomic E-state index is 5.46. The van der Waals surface area contributed by atoms with Crippen molar-refractivity contribution >= 4 is 11.3 Å². The zero-order valence-corrected chi connectivity index (χ0v) is 8.51. The second-order valence-electron chi connectivity index (χ2n) is 2.70. The number of nitrogens with zero attached hydrogens (tertiary/aromatic N) is 1. The molecule has 0 aromatic carbocycles. The fraction of sp³-hybridized carbons (Fsp3) is 0.625. The van der Waals surface area contributed by atoms with Crippen LogP contribution in [0.15, 0.2) is 10.9 Å². The van der Waals surface area contributed by atoms with E-state index in [9.17, 15) is 0 Å². The van der Waals surface area contributed by atoms with Gasteiger partial charge in [-0.2, -0.15) is 0 Å². The van der Waals surface area contributed by atoms with Gasteiger partial charge in [0.05, 0.1) is 17.3 Å². The molecule has 1 aromatic rings. The summed E-state index contributed by atoms with van der Waals surface area (Å²) in [6.07, 6.45) is 0.0960. The van der Waals surface area contributed by atoms with E-state index in [4.69, 9.17) is 10.5 Å². The van der Waals surface area contributed by atoms with Gasteiger partial charge in [-0.3, -0.25) is 0 Å². The van der Waals surface area contributed by atoms with E-state index in [-0.39, 0.29) is 6.10 Å². The molecule has 1 aromatic heterocycles. The fourth-order valence-electron chi connectivity index (χ4n) is 0.949. The highest BCUT2D eigenvalue weighted by Crippen LogP contribution is 1.99. The SMILES string of the molecule is COC(CN)CNCc1cscn1. The molecule has 4 nitrogen and oxygen atoms in total. The minimum absolute atomic E-state index is 0.0960. The average Bonchev–Trinajstić information content (AvgIpc) is 2.65. The van der Waals surface area contributed by atoms with Gasteiger partial charge in [-0.1, -0.05) is 0 Å². The summed E-state index contributed by atoms with van der Waals surface area (Å²) in [5, 5.41) is 5.25. The lowest BCUT2D eigenvalue weighted by atomic mass is 10.3. The summed E-state index contributed by atoms with van der Waals surface area (Å²) in [5.41, 5.74) is 8.36. The van der Waals surface area contributed by atoms with E-state index in [0.717, 1.165) is 18.8 Å². The van der Waals surface area contributed by atoms with Gasteiger partial charge in [0.25, 0.3) is 0 Å². The summed E-state index contributed by atoms with van der Waals surface area (Å²) in [6, 6.07) is 0. The molecule has 13 heavy (non-hydrogen) atoms. The van der Waals surface area contributed by atoms with E-state index in [0.29, 0.717) is 6.54 Å². The van der Waals surface area contributed by atoms with Gasteiger partial charge in [0.15, 0.2) is 0 Å². The van der Waals surface area contributed by atoms with Gasteiger partial charge in [-0.15, -0.1) is 11.3 Å². The monoisotopic (exact) mass is 201 g/mol. The Balaban J connectivity index is 2.13. The fourth-order valence-corrected chi connectivity index (χ4v) is 1.51. The predicted octanol–water partition coefficient (Wildman–Crippen LogP) is 0.206. The van der Waals surface area contributed by atoms with Crippen molar-refractivity contribution < 1.29 is 4.74 Å². The molecule has 0 amide bonds. The van der Waals surface area contributed by atoms with Crippen LogP contribution in [0.4, 0.5) is 0 Å². The molecule has 1 heterocycles. The first-order valence-electron chi connectivity index (χ1n) is 4.17. The van der Waals surface area contributed by atoms with Crippen molar-refractivity contribution in [1.82, 2.24) is 10.3 Å². The Morgan fingerprint density at radius 1 is 1.77 bits per heavy atom. The van der Waals surface area contributed by atoms with Crippen LogP contribution in [0.3, 0.4) is 0 Å². The normalized spacial score (nSPS) is 13.1. The highest BCUT2D eigenvalue weighted by molar-refractivity contribution is 7.07. The molecular weight excluding hydrogens is 186 g/mol. The topological polar surface area (TPSA) is 60.2 Å². The molecule has 0 aliphatic rings. The molecule has 74 valence electrons. The van der Waals surface area contributed by atoms with Gasteiger partial charge in [0, 0.05) is 32.1 Å². The predicted molar refractivity (Wildman–Crippen MR) is 53.7 cm³/mol. The summed E-state index contributed by atoms with van der Waals surface area (Å²) in [4.78, 5) is 4.15. The van der Waals surface area contributed by atoms with Crippen LogP contribution in [0.5, 0.6) is 0 Å². The van der Waals surface area contributed by atoms with Crippen LogP contribution >= 0.6 is 11.3 Å². The maximum atomic E-state index is 5.46. The second kappa shape index (κ2) is 6.04. The molecule has 0 spiro atoms. The molecule has 1 atom stereocenters. The first-order valence-corrected chi connectivity index (χ1v) is 5.11. The van der Waals surface area contributed by atoms with Crippen LogP contribution < -0.4 is 11.1 Å². The van der Waals surface area contributed by atoms with Crippen molar-refractivity contribution in [3.63, 3.8) is 0 Å². The van der Waals surface area contributed by atoms with E-state index in [1.54, 1.807) is 18.4 Å². The summed E-state index contributed by atoms with van der Waals surface area (Å²) < 4.78 is 5.11. The summed E-state index contributed by atoms with van der Waals surface area (Å²) >= 11 is 1.60. The standard InChI is InChI=1S/C8H15N3OS/c1-12-8(2-9)4-10-3-7-5-13-6-11-7/h5-6,8,10H,2-4,9H2,1H3. The van der Waals surface area contributed by atoms with Crippen LogP contribution in [0.2, 0.25) is 0 Å². The number of rotatable bonds is 6. The Hall–Kier alpha value is -0.490. The van der Waals surface area contributed by atoms with E-state index >= 15 is 0 Å². The Morgan fingerprint density at radius 3 is 3.15 bits per heavy atom. The minimum Gasteiger partial charge on any atom is -0.379 e. The van der Waals surface area contributed by atoms with Crippen molar-refractivity contribution in [1.29, 1.82) is 0 Å². The van der Waals surface area contributed by atoms with Crippen LogP contribution in [-0.4, -0.2) is 31.3 Å². The lowest BCUT2D eigenvalue weighted by molar-refractivity contribution is 0.108. The highest BCUT2D eigenvalue weighted by Gasteiger charge is 2.03. The first-order chi connectivity index (χ1) is 6.36. The van der Waals surface area contributed by atoms with Gasteiger partial charge < -0.3 is 15.8 Å². The third kappa shape index (κ3) is 3.82. The van der Waals surface area contributed by atoms with E-state index in [1.807, 2.05) is 10.9 Å². The zero-order chi connectivity index (χ0) is 9.52. The summed E-state index contributed by atoms with van der Waals surface area (Å²) in [5.74, 6) is 0. The van der Waals surface area contributed by atoms with E-state index in [2.05, 4.69) is 10.3 Å². The second-order valence-corrected chi connectivity index (χ2v) is 3.42. The largest absolute Gasteiger partial charge is 0.379 e. The maximum Gasteiger partial charge on any atom is 0.0817 e. The number of methoxy groups -OCH3 is 1.